The molecule has 1 aromatic carbocycles. The maximum absolute atomic E-state index is 12.5. The van der Waals surface area contributed by atoms with Crippen molar-refractivity contribution in [2.24, 2.45) is 4.99 Å². The molecule has 0 radical (unpaired) electrons. The molecule has 1 atom stereocenters. The summed E-state index contributed by atoms with van der Waals surface area (Å²) in [6.07, 6.45) is -3.31. The van der Waals surface area contributed by atoms with Crippen LogP contribution in [-0.4, -0.2) is 30.5 Å². The molecule has 1 heterocycles. The summed E-state index contributed by atoms with van der Waals surface area (Å²) in [5.74, 6) is 0.424. The van der Waals surface area contributed by atoms with Gasteiger partial charge in [-0.2, -0.15) is 0 Å². The van der Waals surface area contributed by atoms with Crippen molar-refractivity contribution < 1.29 is 27.4 Å². The van der Waals surface area contributed by atoms with Crippen LogP contribution in [0.15, 0.2) is 52.1 Å². The molecule has 0 saturated carbocycles. The van der Waals surface area contributed by atoms with E-state index in [4.69, 9.17) is 4.42 Å². The summed E-state index contributed by atoms with van der Waals surface area (Å²) >= 11 is 0. The fourth-order valence-electron chi connectivity index (χ4n) is 2.29. The molecule has 6 nitrogen and oxygen atoms in total. The molecule has 0 fully saturated rings. The van der Waals surface area contributed by atoms with Gasteiger partial charge >= 0.3 is 6.36 Å². The van der Waals surface area contributed by atoms with Gasteiger partial charge in [0.15, 0.2) is 5.96 Å². The molecular formula is C18H22F3N3O3. The molecule has 27 heavy (non-hydrogen) atoms. The molecule has 3 N–H and O–H groups in total. The fourth-order valence-corrected chi connectivity index (χ4v) is 2.29. The molecule has 2 aromatic rings. The average Bonchev–Trinajstić information content (AvgIpc) is 3.13. The molecule has 148 valence electrons. The van der Waals surface area contributed by atoms with E-state index in [9.17, 15) is 18.3 Å². The van der Waals surface area contributed by atoms with Crippen molar-refractivity contribution in [3.63, 3.8) is 0 Å². The lowest BCUT2D eigenvalue weighted by atomic mass is 10.0. The third kappa shape index (κ3) is 6.52. The van der Waals surface area contributed by atoms with Crippen molar-refractivity contribution in [1.82, 2.24) is 10.6 Å². The predicted molar refractivity (Wildman–Crippen MR) is 94.2 cm³/mol. The molecule has 0 spiro atoms. The number of para-hydroxylation sites is 1. The number of hydrogen-bond acceptors (Lipinski definition) is 4. The Labute approximate surface area is 155 Å². The van der Waals surface area contributed by atoms with Crippen LogP contribution >= 0.6 is 0 Å². The number of guanidine groups is 1. The maximum Gasteiger partial charge on any atom is 0.573 e. The Morgan fingerprint density at radius 2 is 1.93 bits per heavy atom. The predicted octanol–water partition coefficient (Wildman–Crippen LogP) is 3.14. The number of nitrogens with zero attached hydrogens (tertiary/aromatic N) is 1. The van der Waals surface area contributed by atoms with Gasteiger partial charge in [-0.15, -0.1) is 13.2 Å². The van der Waals surface area contributed by atoms with Gasteiger partial charge in [0.2, 0.25) is 0 Å². The highest BCUT2D eigenvalue weighted by Crippen LogP contribution is 2.26. The van der Waals surface area contributed by atoms with Gasteiger partial charge < -0.3 is 24.9 Å². The number of halogens is 3. The molecule has 0 saturated heterocycles. The summed E-state index contributed by atoms with van der Waals surface area (Å²) in [7, 11) is 0. The number of nitrogens with one attached hydrogen (secondary N) is 2. The van der Waals surface area contributed by atoms with Gasteiger partial charge in [-0.25, -0.2) is 4.99 Å². The largest absolute Gasteiger partial charge is 0.573 e. The Morgan fingerprint density at radius 3 is 2.56 bits per heavy atom. The molecule has 1 aromatic heterocycles. The van der Waals surface area contributed by atoms with Gasteiger partial charge in [0, 0.05) is 12.1 Å². The Balaban J connectivity index is 2.08. The topological polar surface area (TPSA) is 79.0 Å². The van der Waals surface area contributed by atoms with Gasteiger partial charge in [-0.05, 0) is 32.0 Å². The normalized spacial score (nSPS) is 14.5. The van der Waals surface area contributed by atoms with Crippen LogP contribution in [0.4, 0.5) is 13.2 Å². The van der Waals surface area contributed by atoms with Crippen molar-refractivity contribution >= 4 is 5.96 Å². The summed E-state index contributed by atoms with van der Waals surface area (Å²) in [6.45, 7) is 4.02. The minimum Gasteiger partial charge on any atom is -0.466 e. The first-order valence-electron chi connectivity index (χ1n) is 8.33. The van der Waals surface area contributed by atoms with E-state index in [0.29, 0.717) is 18.3 Å². The minimum atomic E-state index is -4.77. The van der Waals surface area contributed by atoms with Crippen LogP contribution in [0.3, 0.4) is 0 Å². The van der Waals surface area contributed by atoms with Gasteiger partial charge in [-0.1, -0.05) is 18.2 Å². The number of aliphatic imine (C=N–C) groups is 1. The quantitative estimate of drug-likeness (QED) is 0.504. The monoisotopic (exact) mass is 385 g/mol. The summed E-state index contributed by atoms with van der Waals surface area (Å²) < 4.78 is 46.8. The molecular weight excluding hydrogens is 363 g/mol. The standard InChI is InChI=1S/C18H22F3N3O3/c1-3-22-16(24-12-17(2,25)15-9-6-10-26-15)23-11-13-7-4-5-8-14(13)27-18(19,20)21/h4-10,25H,3,11-12H2,1-2H3,(H2,22,23,24). The van der Waals surface area contributed by atoms with Crippen LogP contribution in [-0.2, 0) is 12.1 Å². The first-order valence-corrected chi connectivity index (χ1v) is 8.33. The minimum absolute atomic E-state index is 0.0372. The Hall–Kier alpha value is -2.68. The second-order valence-corrected chi connectivity index (χ2v) is 5.96. The van der Waals surface area contributed by atoms with Crippen LogP contribution in [0.25, 0.3) is 0 Å². The van der Waals surface area contributed by atoms with Crippen LogP contribution in [0, 0.1) is 0 Å². The molecule has 1 unspecified atom stereocenters. The zero-order valence-corrected chi connectivity index (χ0v) is 15.0. The van der Waals surface area contributed by atoms with E-state index in [1.807, 2.05) is 6.92 Å². The SMILES string of the molecule is CCNC(=NCc1ccccc1OC(F)(F)F)NCC(C)(O)c1ccco1. The second kappa shape index (κ2) is 8.81. The summed E-state index contributed by atoms with van der Waals surface area (Å²) in [6, 6.07) is 9.12. The van der Waals surface area contributed by atoms with E-state index >= 15 is 0 Å². The molecule has 9 heteroatoms. The fraction of sp³-hybridized carbons (Fsp3) is 0.389. The summed E-state index contributed by atoms with van der Waals surface area (Å²) in [5.41, 5.74) is -0.999. The summed E-state index contributed by atoms with van der Waals surface area (Å²) in [5, 5.41) is 16.4. The zero-order chi connectivity index (χ0) is 19.9. The lowest BCUT2D eigenvalue weighted by Crippen LogP contribution is -2.44. The Kier molecular flexibility index (Phi) is 6.73. The number of hydrogen-bond donors (Lipinski definition) is 3. The molecule has 0 aliphatic heterocycles. The van der Waals surface area contributed by atoms with E-state index in [1.54, 1.807) is 25.1 Å². The van der Waals surface area contributed by atoms with Crippen LogP contribution in [0.1, 0.15) is 25.2 Å². The number of furan rings is 1. The Bertz CT molecular complexity index is 744. The van der Waals surface area contributed by atoms with Crippen LogP contribution in [0.2, 0.25) is 0 Å². The van der Waals surface area contributed by atoms with Gasteiger partial charge in [-0.3, -0.25) is 0 Å². The van der Waals surface area contributed by atoms with Crippen molar-refractivity contribution in [3.05, 3.63) is 54.0 Å². The molecule has 0 amide bonds. The van der Waals surface area contributed by atoms with Crippen molar-refractivity contribution in [1.29, 1.82) is 0 Å². The first kappa shape index (κ1) is 20.6. The second-order valence-electron chi connectivity index (χ2n) is 5.96. The van der Waals surface area contributed by atoms with Gasteiger partial charge in [0.1, 0.15) is 17.1 Å². The third-order valence-corrected chi connectivity index (χ3v) is 3.60. The van der Waals surface area contributed by atoms with Gasteiger partial charge in [0.25, 0.3) is 0 Å². The van der Waals surface area contributed by atoms with Gasteiger partial charge in [0.05, 0.1) is 19.4 Å². The number of ether oxygens (including phenoxy) is 1. The number of alkyl halides is 3. The molecule has 0 aliphatic rings. The van der Waals surface area contributed by atoms with Crippen LogP contribution in [0.5, 0.6) is 5.75 Å². The molecule has 2 rings (SSSR count). The lowest BCUT2D eigenvalue weighted by molar-refractivity contribution is -0.274. The first-order chi connectivity index (χ1) is 12.7. The summed E-state index contributed by atoms with van der Waals surface area (Å²) in [4.78, 5) is 4.26. The van der Waals surface area contributed by atoms with Crippen molar-refractivity contribution in [3.8, 4) is 5.75 Å². The highest BCUT2D eigenvalue weighted by molar-refractivity contribution is 5.79. The molecule has 0 aliphatic carbocycles. The lowest BCUT2D eigenvalue weighted by Gasteiger charge is -2.22. The number of benzene rings is 1. The van der Waals surface area contributed by atoms with Crippen molar-refractivity contribution in [2.75, 3.05) is 13.1 Å². The number of rotatable bonds is 7. The van der Waals surface area contributed by atoms with E-state index < -0.39 is 12.0 Å². The van der Waals surface area contributed by atoms with Crippen LogP contribution < -0.4 is 15.4 Å². The maximum atomic E-state index is 12.5. The van der Waals surface area contributed by atoms with E-state index in [2.05, 4.69) is 20.4 Å². The average molecular weight is 385 g/mol. The smallest absolute Gasteiger partial charge is 0.466 e. The van der Waals surface area contributed by atoms with Crippen molar-refractivity contribution in [2.45, 2.75) is 32.4 Å². The number of aliphatic hydroxyl groups is 1. The van der Waals surface area contributed by atoms with E-state index in [0.717, 1.165) is 0 Å². The van der Waals surface area contributed by atoms with E-state index in [1.165, 1.54) is 24.5 Å². The Morgan fingerprint density at radius 1 is 1.19 bits per heavy atom. The zero-order valence-electron chi connectivity index (χ0n) is 15.0. The molecule has 0 bridgehead atoms. The highest BCUT2D eigenvalue weighted by Gasteiger charge is 2.32. The third-order valence-electron chi connectivity index (χ3n) is 3.60. The van der Waals surface area contributed by atoms with E-state index in [-0.39, 0.29) is 24.4 Å². The highest BCUT2D eigenvalue weighted by atomic mass is 19.4.